The van der Waals surface area contributed by atoms with Gasteiger partial charge in [-0.2, -0.15) is 0 Å². The highest BCUT2D eigenvalue weighted by Gasteiger charge is 2.08. The SMILES string of the molecule is OCC(CO)Nc1nnc2ccccc2n1. The van der Waals surface area contributed by atoms with E-state index >= 15 is 0 Å². The molecule has 0 saturated carbocycles. The Hall–Kier alpha value is -1.79. The average molecular weight is 220 g/mol. The van der Waals surface area contributed by atoms with Crippen molar-refractivity contribution < 1.29 is 10.2 Å². The molecule has 0 bridgehead atoms. The minimum atomic E-state index is -0.469. The molecule has 16 heavy (non-hydrogen) atoms. The van der Waals surface area contributed by atoms with Gasteiger partial charge in [0.05, 0.1) is 24.8 Å². The van der Waals surface area contributed by atoms with Gasteiger partial charge in [0.2, 0.25) is 5.95 Å². The summed E-state index contributed by atoms with van der Waals surface area (Å²) in [5, 5.41) is 28.4. The molecular weight excluding hydrogens is 208 g/mol. The second-order valence-corrected chi connectivity index (χ2v) is 3.33. The summed E-state index contributed by atoms with van der Waals surface area (Å²) in [7, 11) is 0. The summed E-state index contributed by atoms with van der Waals surface area (Å²) in [5.74, 6) is 0.298. The lowest BCUT2D eigenvalue weighted by molar-refractivity contribution is 0.203. The number of benzene rings is 1. The number of nitrogens with zero attached hydrogens (tertiary/aromatic N) is 3. The number of anilines is 1. The highest BCUT2D eigenvalue weighted by Crippen LogP contribution is 2.09. The Morgan fingerprint density at radius 1 is 1.06 bits per heavy atom. The molecule has 1 aromatic heterocycles. The van der Waals surface area contributed by atoms with Crippen LogP contribution in [0.5, 0.6) is 0 Å². The van der Waals surface area contributed by atoms with Crippen LogP contribution < -0.4 is 5.32 Å². The predicted octanol–water partition coefficient (Wildman–Crippen LogP) is -0.210. The van der Waals surface area contributed by atoms with Gasteiger partial charge >= 0.3 is 0 Å². The lowest BCUT2D eigenvalue weighted by atomic mass is 10.3. The van der Waals surface area contributed by atoms with Gasteiger partial charge in [-0.05, 0) is 12.1 Å². The van der Waals surface area contributed by atoms with Crippen molar-refractivity contribution in [2.45, 2.75) is 6.04 Å². The number of aromatic nitrogens is 3. The summed E-state index contributed by atoms with van der Waals surface area (Å²) in [6, 6.07) is 6.88. The monoisotopic (exact) mass is 220 g/mol. The molecule has 0 saturated heterocycles. The zero-order chi connectivity index (χ0) is 11.4. The Kier molecular flexibility index (Phi) is 3.23. The summed E-state index contributed by atoms with van der Waals surface area (Å²) in [6.45, 7) is -0.376. The van der Waals surface area contributed by atoms with Gasteiger partial charge in [-0.3, -0.25) is 0 Å². The fourth-order valence-electron chi connectivity index (χ4n) is 1.27. The van der Waals surface area contributed by atoms with Crippen molar-refractivity contribution >= 4 is 17.0 Å². The lowest BCUT2D eigenvalue weighted by Gasteiger charge is -2.12. The molecule has 0 atom stereocenters. The molecule has 6 nitrogen and oxygen atoms in total. The van der Waals surface area contributed by atoms with E-state index < -0.39 is 6.04 Å². The van der Waals surface area contributed by atoms with E-state index in [9.17, 15) is 0 Å². The number of aliphatic hydroxyl groups excluding tert-OH is 2. The van der Waals surface area contributed by atoms with Crippen molar-refractivity contribution in [2.75, 3.05) is 18.5 Å². The Morgan fingerprint density at radius 2 is 1.75 bits per heavy atom. The van der Waals surface area contributed by atoms with Crippen molar-refractivity contribution in [3.05, 3.63) is 24.3 Å². The molecule has 0 unspecified atom stereocenters. The van der Waals surface area contributed by atoms with E-state index in [0.29, 0.717) is 11.5 Å². The van der Waals surface area contributed by atoms with E-state index in [0.717, 1.165) is 5.52 Å². The molecule has 2 rings (SSSR count). The zero-order valence-electron chi connectivity index (χ0n) is 8.54. The van der Waals surface area contributed by atoms with E-state index in [2.05, 4.69) is 20.5 Å². The molecule has 3 N–H and O–H groups in total. The molecule has 1 aromatic carbocycles. The molecule has 0 fully saturated rings. The normalized spacial score (nSPS) is 10.9. The minimum absolute atomic E-state index is 0.188. The standard InChI is InChI=1S/C10H12N4O2/c15-5-7(6-16)11-10-12-8-3-1-2-4-9(8)13-14-10/h1-4,7,15-16H,5-6H2,(H,11,12,14). The van der Waals surface area contributed by atoms with Gasteiger partial charge < -0.3 is 15.5 Å². The summed E-state index contributed by atoms with van der Waals surface area (Å²) >= 11 is 0. The first kappa shape index (κ1) is 10.7. The van der Waals surface area contributed by atoms with Gasteiger partial charge in [-0.15, -0.1) is 10.2 Å². The maximum atomic E-state index is 8.90. The average Bonchev–Trinajstić information content (AvgIpc) is 2.35. The van der Waals surface area contributed by atoms with Crippen LogP contribution in [-0.4, -0.2) is 44.7 Å². The molecule has 0 amide bonds. The van der Waals surface area contributed by atoms with Crippen molar-refractivity contribution in [3.8, 4) is 0 Å². The smallest absolute Gasteiger partial charge is 0.243 e. The Balaban J connectivity index is 2.25. The Bertz CT molecular complexity index is 473. The van der Waals surface area contributed by atoms with Crippen molar-refractivity contribution in [1.82, 2.24) is 15.2 Å². The fourth-order valence-corrected chi connectivity index (χ4v) is 1.27. The van der Waals surface area contributed by atoms with Crippen LogP contribution in [0.25, 0.3) is 11.0 Å². The third kappa shape index (κ3) is 2.23. The molecule has 0 aliphatic rings. The van der Waals surface area contributed by atoms with Gasteiger partial charge in [0.1, 0.15) is 5.52 Å². The van der Waals surface area contributed by atoms with Gasteiger partial charge in [0.25, 0.3) is 0 Å². The number of rotatable bonds is 4. The topological polar surface area (TPSA) is 91.2 Å². The van der Waals surface area contributed by atoms with E-state index in [-0.39, 0.29) is 13.2 Å². The van der Waals surface area contributed by atoms with Crippen LogP contribution in [-0.2, 0) is 0 Å². The maximum absolute atomic E-state index is 8.90. The third-order valence-electron chi connectivity index (χ3n) is 2.13. The van der Waals surface area contributed by atoms with Gasteiger partial charge in [0.15, 0.2) is 0 Å². The third-order valence-corrected chi connectivity index (χ3v) is 2.13. The molecule has 6 heteroatoms. The van der Waals surface area contributed by atoms with Crippen LogP contribution in [0.1, 0.15) is 0 Å². The van der Waals surface area contributed by atoms with Crippen molar-refractivity contribution in [1.29, 1.82) is 0 Å². The largest absolute Gasteiger partial charge is 0.394 e. The molecule has 1 heterocycles. The number of hydrogen-bond donors (Lipinski definition) is 3. The summed E-state index contributed by atoms with van der Waals surface area (Å²) in [6.07, 6.45) is 0. The van der Waals surface area contributed by atoms with Crippen LogP contribution >= 0.6 is 0 Å². The molecular formula is C10H12N4O2. The predicted molar refractivity (Wildman–Crippen MR) is 58.9 cm³/mol. The zero-order valence-corrected chi connectivity index (χ0v) is 8.54. The van der Waals surface area contributed by atoms with E-state index in [1.165, 1.54) is 0 Å². The van der Waals surface area contributed by atoms with Crippen molar-refractivity contribution in [3.63, 3.8) is 0 Å². The number of aliphatic hydroxyl groups is 2. The molecule has 2 aromatic rings. The van der Waals surface area contributed by atoms with Crippen LogP contribution in [0, 0.1) is 0 Å². The van der Waals surface area contributed by atoms with Gasteiger partial charge in [-0.25, -0.2) is 4.98 Å². The first-order valence-corrected chi connectivity index (χ1v) is 4.91. The number of nitrogens with one attached hydrogen (secondary N) is 1. The quantitative estimate of drug-likeness (QED) is 0.660. The lowest BCUT2D eigenvalue weighted by Crippen LogP contribution is -2.28. The molecule has 0 spiro atoms. The summed E-state index contributed by atoms with van der Waals surface area (Å²) in [5.41, 5.74) is 1.42. The van der Waals surface area contributed by atoms with Crippen LogP contribution in [0.2, 0.25) is 0 Å². The summed E-state index contributed by atoms with van der Waals surface area (Å²) < 4.78 is 0. The first-order valence-electron chi connectivity index (χ1n) is 4.91. The van der Waals surface area contributed by atoms with Crippen molar-refractivity contribution in [2.24, 2.45) is 0 Å². The first-order chi connectivity index (χ1) is 7.83. The Morgan fingerprint density at radius 3 is 2.44 bits per heavy atom. The van der Waals surface area contributed by atoms with Crippen LogP contribution in [0.15, 0.2) is 24.3 Å². The van der Waals surface area contributed by atoms with Crippen LogP contribution in [0.4, 0.5) is 5.95 Å². The maximum Gasteiger partial charge on any atom is 0.243 e. The van der Waals surface area contributed by atoms with Crippen LogP contribution in [0.3, 0.4) is 0 Å². The number of fused-ring (bicyclic) bond motifs is 1. The van der Waals surface area contributed by atoms with Gasteiger partial charge in [0, 0.05) is 0 Å². The molecule has 0 aliphatic carbocycles. The van der Waals surface area contributed by atoms with Gasteiger partial charge in [-0.1, -0.05) is 12.1 Å². The second-order valence-electron chi connectivity index (χ2n) is 3.33. The fraction of sp³-hybridized carbons (Fsp3) is 0.300. The number of hydrogen-bond acceptors (Lipinski definition) is 6. The molecule has 84 valence electrons. The minimum Gasteiger partial charge on any atom is -0.394 e. The highest BCUT2D eigenvalue weighted by atomic mass is 16.3. The highest BCUT2D eigenvalue weighted by molar-refractivity contribution is 5.74. The van der Waals surface area contributed by atoms with E-state index in [1.54, 1.807) is 0 Å². The second kappa shape index (κ2) is 4.82. The summed E-state index contributed by atoms with van der Waals surface area (Å²) in [4.78, 5) is 4.20. The van der Waals surface area contributed by atoms with E-state index in [1.807, 2.05) is 24.3 Å². The molecule has 0 radical (unpaired) electrons. The van der Waals surface area contributed by atoms with E-state index in [4.69, 9.17) is 10.2 Å². The molecule has 0 aliphatic heterocycles. The number of para-hydroxylation sites is 1. The Labute approximate surface area is 92.0 Å².